The summed E-state index contributed by atoms with van der Waals surface area (Å²) in [7, 11) is 1.51. The maximum Gasteiger partial charge on any atom is 0.226 e. The molecular weight excluding hydrogens is 468 g/mol. The second-order valence-corrected chi connectivity index (χ2v) is 8.52. The summed E-state index contributed by atoms with van der Waals surface area (Å²) in [5.74, 6) is 3.12. The maximum absolute atomic E-state index is 11.6. The first kappa shape index (κ1) is 24.1. The van der Waals surface area contributed by atoms with Gasteiger partial charge in [0.15, 0.2) is 17.8 Å². The van der Waals surface area contributed by atoms with Gasteiger partial charge in [0.1, 0.15) is 23.3 Å². The van der Waals surface area contributed by atoms with E-state index in [0.717, 1.165) is 23.1 Å². The van der Waals surface area contributed by atoms with E-state index in [9.17, 15) is 4.79 Å². The number of para-hydroxylation sites is 1. The molecule has 7 nitrogen and oxygen atoms in total. The molecule has 0 N–H and O–H groups in total. The Balaban J connectivity index is 1.55. The zero-order valence-electron chi connectivity index (χ0n) is 20.8. The maximum atomic E-state index is 11.6. The molecule has 0 spiro atoms. The molecule has 0 saturated carbocycles. The second-order valence-electron chi connectivity index (χ2n) is 8.52. The summed E-state index contributed by atoms with van der Waals surface area (Å²) in [5.41, 5.74) is 3.50. The van der Waals surface area contributed by atoms with E-state index in [4.69, 9.17) is 28.3 Å². The fourth-order valence-electron chi connectivity index (χ4n) is 4.19. The molecule has 186 valence electrons. The van der Waals surface area contributed by atoms with Crippen LogP contribution in [0.15, 0.2) is 87.7 Å². The molecule has 0 aliphatic carbocycles. The van der Waals surface area contributed by atoms with Crippen LogP contribution in [0.2, 0.25) is 0 Å². The van der Waals surface area contributed by atoms with Crippen molar-refractivity contribution in [1.29, 1.82) is 0 Å². The highest BCUT2D eigenvalue weighted by molar-refractivity contribution is 5.81. The molecule has 0 saturated heterocycles. The van der Waals surface area contributed by atoms with Gasteiger partial charge in [0, 0.05) is 17.5 Å². The van der Waals surface area contributed by atoms with Crippen LogP contribution in [-0.2, 0) is 6.42 Å². The summed E-state index contributed by atoms with van der Waals surface area (Å²) in [6, 6.07) is 24.6. The number of carbonyl (C=O) groups excluding carboxylic acids is 1. The average Bonchev–Trinajstić information content (AvgIpc) is 3.51. The first-order valence-corrected chi connectivity index (χ1v) is 11.9. The van der Waals surface area contributed by atoms with Crippen LogP contribution in [0.4, 0.5) is 0 Å². The molecule has 7 heteroatoms. The van der Waals surface area contributed by atoms with Gasteiger partial charge in [-0.2, -0.15) is 0 Å². The average molecular weight is 495 g/mol. The lowest BCUT2D eigenvalue weighted by Gasteiger charge is -2.19. The second kappa shape index (κ2) is 10.5. The van der Waals surface area contributed by atoms with E-state index >= 15 is 0 Å². The molecule has 0 aliphatic rings. The largest absolute Gasteiger partial charge is 0.492 e. The Bertz CT molecular complexity index is 1510. The standard InChI is InChI=1S/C30H26N2O5/c1-19-24(31-29(35-19)21-11-6-4-7-12-21)17-26(37-25-16-10-15-23(18-33)28(25)34-3)27-20(2)36-30(32-27)22-13-8-5-9-14-22/h4-16,18,26H,17H2,1-3H3. The smallest absolute Gasteiger partial charge is 0.226 e. The molecule has 1 atom stereocenters. The molecule has 0 bridgehead atoms. The molecular formula is C30H26N2O5. The van der Waals surface area contributed by atoms with Gasteiger partial charge >= 0.3 is 0 Å². The highest BCUT2D eigenvalue weighted by Gasteiger charge is 2.27. The molecule has 2 aromatic heterocycles. The summed E-state index contributed by atoms with van der Waals surface area (Å²) >= 11 is 0. The number of hydrogen-bond acceptors (Lipinski definition) is 7. The van der Waals surface area contributed by atoms with E-state index in [0.29, 0.717) is 52.5 Å². The van der Waals surface area contributed by atoms with Crippen LogP contribution >= 0.6 is 0 Å². The van der Waals surface area contributed by atoms with Crippen LogP contribution in [0, 0.1) is 13.8 Å². The molecule has 3 aromatic carbocycles. The van der Waals surface area contributed by atoms with Crippen molar-refractivity contribution in [2.24, 2.45) is 0 Å². The van der Waals surface area contributed by atoms with Gasteiger partial charge in [0.2, 0.25) is 11.8 Å². The lowest BCUT2D eigenvalue weighted by Crippen LogP contribution is -2.14. The van der Waals surface area contributed by atoms with E-state index in [-0.39, 0.29) is 0 Å². The Hall–Kier alpha value is -4.65. The number of nitrogens with zero attached hydrogens (tertiary/aromatic N) is 2. The molecule has 0 amide bonds. The minimum atomic E-state index is -0.593. The number of aromatic nitrogens is 2. The fraction of sp³-hybridized carbons (Fsp3) is 0.167. The van der Waals surface area contributed by atoms with Crippen LogP contribution in [0.3, 0.4) is 0 Å². The quantitative estimate of drug-likeness (QED) is 0.208. The minimum absolute atomic E-state index is 0.355. The van der Waals surface area contributed by atoms with Gasteiger partial charge in [-0.05, 0) is 50.2 Å². The highest BCUT2D eigenvalue weighted by Crippen LogP contribution is 2.37. The third-order valence-electron chi connectivity index (χ3n) is 6.06. The molecule has 0 aliphatic heterocycles. The minimum Gasteiger partial charge on any atom is -0.492 e. The number of aryl methyl sites for hydroxylation is 2. The van der Waals surface area contributed by atoms with Crippen molar-refractivity contribution in [3.05, 3.63) is 107 Å². The van der Waals surface area contributed by atoms with Crippen LogP contribution in [0.1, 0.15) is 39.4 Å². The predicted molar refractivity (Wildman–Crippen MR) is 139 cm³/mol. The van der Waals surface area contributed by atoms with Crippen LogP contribution in [-0.4, -0.2) is 23.4 Å². The monoisotopic (exact) mass is 494 g/mol. The number of benzene rings is 3. The number of aldehydes is 1. The number of oxazole rings is 2. The summed E-state index contributed by atoms with van der Waals surface area (Å²) in [4.78, 5) is 21.2. The van der Waals surface area contributed by atoms with Gasteiger partial charge in [-0.1, -0.05) is 42.5 Å². The molecule has 2 heterocycles. The van der Waals surface area contributed by atoms with Crippen LogP contribution < -0.4 is 9.47 Å². The zero-order valence-corrected chi connectivity index (χ0v) is 20.8. The van der Waals surface area contributed by atoms with E-state index in [2.05, 4.69) is 0 Å². The summed E-state index contributed by atoms with van der Waals surface area (Å²) < 4.78 is 24.0. The molecule has 0 radical (unpaired) electrons. The lowest BCUT2D eigenvalue weighted by molar-refractivity contribution is 0.111. The molecule has 0 fully saturated rings. The summed E-state index contributed by atoms with van der Waals surface area (Å²) in [6.45, 7) is 3.74. The van der Waals surface area contributed by atoms with Gasteiger partial charge in [-0.3, -0.25) is 4.79 Å². The number of rotatable bonds is 9. The lowest BCUT2D eigenvalue weighted by atomic mass is 10.1. The highest BCUT2D eigenvalue weighted by atomic mass is 16.5. The Labute approximate surface area is 214 Å². The Morgan fingerprint density at radius 3 is 2.05 bits per heavy atom. The number of ether oxygens (including phenoxy) is 2. The SMILES string of the molecule is COc1c(C=O)cccc1OC(Cc1nc(-c2ccccc2)oc1C)c1nc(-c2ccccc2)oc1C. The Kier molecular flexibility index (Phi) is 6.85. The van der Waals surface area contributed by atoms with Crippen molar-refractivity contribution in [2.45, 2.75) is 26.4 Å². The van der Waals surface area contributed by atoms with E-state index in [1.165, 1.54) is 7.11 Å². The summed E-state index contributed by atoms with van der Waals surface area (Å²) in [5, 5.41) is 0. The van der Waals surface area contributed by atoms with E-state index < -0.39 is 6.10 Å². The van der Waals surface area contributed by atoms with E-state index in [1.54, 1.807) is 18.2 Å². The van der Waals surface area contributed by atoms with Crippen molar-refractivity contribution < 1.29 is 23.1 Å². The summed E-state index contributed by atoms with van der Waals surface area (Å²) in [6.07, 6.45) is 0.506. The molecule has 5 rings (SSSR count). The zero-order chi connectivity index (χ0) is 25.8. The normalized spacial score (nSPS) is 11.8. The van der Waals surface area contributed by atoms with Crippen LogP contribution in [0.25, 0.3) is 22.9 Å². The van der Waals surface area contributed by atoms with Gasteiger partial charge in [-0.25, -0.2) is 9.97 Å². The first-order valence-electron chi connectivity index (χ1n) is 11.9. The van der Waals surface area contributed by atoms with Gasteiger partial charge in [0.25, 0.3) is 0 Å². The van der Waals surface area contributed by atoms with Crippen LogP contribution in [0.5, 0.6) is 11.5 Å². The van der Waals surface area contributed by atoms with Crippen molar-refractivity contribution in [1.82, 2.24) is 9.97 Å². The third kappa shape index (κ3) is 5.02. The Morgan fingerprint density at radius 2 is 1.43 bits per heavy atom. The van der Waals surface area contributed by atoms with Crippen molar-refractivity contribution in [3.63, 3.8) is 0 Å². The molecule has 37 heavy (non-hydrogen) atoms. The van der Waals surface area contributed by atoms with Gasteiger partial charge < -0.3 is 18.3 Å². The topological polar surface area (TPSA) is 87.6 Å². The van der Waals surface area contributed by atoms with Crippen molar-refractivity contribution >= 4 is 6.29 Å². The predicted octanol–water partition coefficient (Wildman–Crippen LogP) is 6.80. The van der Waals surface area contributed by atoms with Crippen molar-refractivity contribution in [2.75, 3.05) is 7.11 Å². The number of carbonyl (C=O) groups is 1. The van der Waals surface area contributed by atoms with Gasteiger partial charge in [0.05, 0.1) is 18.4 Å². The Morgan fingerprint density at radius 1 is 0.811 bits per heavy atom. The molecule has 5 aromatic rings. The third-order valence-corrected chi connectivity index (χ3v) is 6.06. The number of methoxy groups -OCH3 is 1. The van der Waals surface area contributed by atoms with Gasteiger partial charge in [-0.15, -0.1) is 0 Å². The van der Waals surface area contributed by atoms with E-state index in [1.807, 2.05) is 74.5 Å². The van der Waals surface area contributed by atoms with Crippen molar-refractivity contribution in [3.8, 4) is 34.4 Å². The first-order chi connectivity index (χ1) is 18.1. The fourth-order valence-corrected chi connectivity index (χ4v) is 4.19. The number of hydrogen-bond donors (Lipinski definition) is 0. The molecule has 1 unspecified atom stereocenters.